The summed E-state index contributed by atoms with van der Waals surface area (Å²) >= 11 is 0. The first-order valence-corrected chi connectivity index (χ1v) is 21.1. The van der Waals surface area contributed by atoms with Crippen molar-refractivity contribution in [1.82, 2.24) is 21.3 Å². The minimum atomic E-state index is -1.34. The molecule has 0 aliphatic carbocycles. The van der Waals surface area contributed by atoms with Crippen molar-refractivity contribution in [2.75, 3.05) is 0 Å². The predicted octanol–water partition coefficient (Wildman–Crippen LogP) is 6.41. The van der Waals surface area contributed by atoms with Gasteiger partial charge in [-0.2, -0.15) is 0 Å². The lowest BCUT2D eigenvalue weighted by atomic mass is 9.80. The van der Waals surface area contributed by atoms with Crippen molar-refractivity contribution in [3.63, 3.8) is 0 Å². The van der Waals surface area contributed by atoms with Crippen LogP contribution < -0.4 is 21.3 Å². The van der Waals surface area contributed by atoms with Gasteiger partial charge >= 0.3 is 23.9 Å². The van der Waals surface area contributed by atoms with Crippen LogP contribution in [0, 0.1) is 11.8 Å². The molecular weight excluding hydrogens is 713 g/mol. The Labute approximate surface area is 338 Å². The molecule has 0 spiro atoms. The van der Waals surface area contributed by atoms with Crippen LogP contribution in [0.3, 0.4) is 0 Å². The van der Waals surface area contributed by atoms with Gasteiger partial charge in [0.1, 0.15) is 24.4 Å². The molecule has 0 bridgehead atoms. The minimum Gasteiger partial charge on any atom is -0.462 e. The standard InChI is InChI=1S/C44H78N4O8/c1-37(2)19-27(20-38(3,4)45-37)53-33(49)17-31(35(51)55-29-23-41(9,10)47-42(11,12)24-29)32(36(52)56-30-25-43(13,14)48-44(15,16)26-30)18-34(50)54-28-21-39(5,6)46-40(7,8)22-28/h27-32,45-48H,17-26H2,1-16H3/t31-,32?/m0/s1. The number of piperidine rings is 4. The highest BCUT2D eigenvalue weighted by atomic mass is 16.6. The van der Waals surface area contributed by atoms with E-state index in [4.69, 9.17) is 18.9 Å². The third-order valence-corrected chi connectivity index (χ3v) is 11.6. The molecule has 0 aromatic rings. The Morgan fingerprint density at radius 3 is 0.750 bits per heavy atom. The summed E-state index contributed by atoms with van der Waals surface area (Å²) in [4.78, 5) is 57.3. The summed E-state index contributed by atoms with van der Waals surface area (Å²) in [5.74, 6) is -5.33. The van der Waals surface area contributed by atoms with Crippen molar-refractivity contribution in [1.29, 1.82) is 0 Å². The Morgan fingerprint density at radius 1 is 0.375 bits per heavy atom. The maximum atomic E-state index is 14.6. The molecule has 2 atom stereocenters. The van der Waals surface area contributed by atoms with Gasteiger partial charge < -0.3 is 40.2 Å². The Bertz CT molecular complexity index is 1290. The maximum Gasteiger partial charge on any atom is 0.310 e. The first-order valence-electron chi connectivity index (χ1n) is 21.1. The highest BCUT2D eigenvalue weighted by Crippen LogP contribution is 2.37. The molecule has 4 N–H and O–H groups in total. The molecule has 4 fully saturated rings. The molecule has 4 saturated heterocycles. The van der Waals surface area contributed by atoms with Crippen molar-refractivity contribution >= 4 is 23.9 Å². The second-order valence-corrected chi connectivity index (χ2v) is 23.2. The van der Waals surface area contributed by atoms with E-state index in [1.807, 2.05) is 0 Å². The quantitative estimate of drug-likeness (QED) is 0.135. The van der Waals surface area contributed by atoms with Crippen molar-refractivity contribution in [3.05, 3.63) is 0 Å². The molecule has 0 aromatic heterocycles. The van der Waals surface area contributed by atoms with Gasteiger partial charge in [0.05, 0.1) is 24.7 Å². The van der Waals surface area contributed by atoms with E-state index >= 15 is 0 Å². The number of nitrogens with one attached hydrogen (secondary N) is 4. The second-order valence-electron chi connectivity index (χ2n) is 23.2. The third-order valence-electron chi connectivity index (χ3n) is 11.6. The normalized spacial score (nSPS) is 27.9. The first-order chi connectivity index (χ1) is 25.1. The van der Waals surface area contributed by atoms with E-state index in [2.05, 4.69) is 132 Å². The summed E-state index contributed by atoms with van der Waals surface area (Å²) in [6.07, 6.45) is 1.83. The summed E-state index contributed by atoms with van der Waals surface area (Å²) in [5, 5.41) is 14.5. The smallest absolute Gasteiger partial charge is 0.310 e. The SMILES string of the molecule is CC1(C)CC(OC(=O)CC(C(=O)OC2CC(C)(C)NC(C)(C)C2)[C@H](CC(=O)OC2CC(C)(C)NC(C)(C)C2)C(=O)OC2CC(C)(C)NC(C)(C)C2)CC(C)(C)N1. The fourth-order valence-corrected chi connectivity index (χ4v) is 11.4. The van der Waals surface area contributed by atoms with Gasteiger partial charge in [-0.1, -0.05) is 0 Å². The number of rotatable bonds is 11. The number of carbonyl (C=O) groups excluding carboxylic acids is 4. The zero-order valence-corrected chi connectivity index (χ0v) is 37.8. The molecule has 4 rings (SSSR count). The lowest BCUT2D eigenvalue weighted by molar-refractivity contribution is -0.178. The van der Waals surface area contributed by atoms with Crippen LogP contribution in [0.25, 0.3) is 0 Å². The van der Waals surface area contributed by atoms with Gasteiger partial charge in [-0.15, -0.1) is 0 Å². The second kappa shape index (κ2) is 16.1. The molecule has 0 amide bonds. The average Bonchev–Trinajstić information content (AvgIpc) is 2.87. The van der Waals surface area contributed by atoms with E-state index in [1.54, 1.807) is 0 Å². The fraction of sp³-hybridized carbons (Fsp3) is 0.909. The minimum absolute atomic E-state index is 0.288. The molecule has 0 saturated carbocycles. The lowest BCUT2D eigenvalue weighted by Gasteiger charge is -2.47. The van der Waals surface area contributed by atoms with Gasteiger partial charge in [-0.3, -0.25) is 19.2 Å². The number of hydrogen-bond acceptors (Lipinski definition) is 12. The van der Waals surface area contributed by atoms with Crippen LogP contribution in [0.5, 0.6) is 0 Å². The fourth-order valence-electron chi connectivity index (χ4n) is 11.4. The van der Waals surface area contributed by atoms with Gasteiger partial charge in [0.2, 0.25) is 0 Å². The summed E-state index contributed by atoms with van der Waals surface area (Å²) in [6.45, 7) is 33.1. The van der Waals surface area contributed by atoms with Crippen LogP contribution in [-0.2, 0) is 38.1 Å². The number of ether oxygens (including phenoxy) is 4. The van der Waals surface area contributed by atoms with E-state index in [1.165, 1.54) is 0 Å². The molecule has 12 heteroatoms. The number of carbonyl (C=O) groups is 4. The van der Waals surface area contributed by atoms with Gasteiger partial charge in [-0.05, 0) is 111 Å². The molecule has 0 aromatic carbocycles. The monoisotopic (exact) mass is 791 g/mol. The van der Waals surface area contributed by atoms with Gasteiger partial charge in [0.25, 0.3) is 0 Å². The highest BCUT2D eigenvalue weighted by molar-refractivity contribution is 5.88. The van der Waals surface area contributed by atoms with E-state index in [9.17, 15) is 19.2 Å². The summed E-state index contributed by atoms with van der Waals surface area (Å²) in [5.41, 5.74) is -2.47. The summed E-state index contributed by atoms with van der Waals surface area (Å²) in [7, 11) is 0. The topological polar surface area (TPSA) is 153 Å². The van der Waals surface area contributed by atoms with E-state index in [-0.39, 0.29) is 44.3 Å². The van der Waals surface area contributed by atoms with Crippen LogP contribution in [0.2, 0.25) is 0 Å². The molecule has 56 heavy (non-hydrogen) atoms. The van der Waals surface area contributed by atoms with Crippen LogP contribution in [-0.4, -0.2) is 92.6 Å². The van der Waals surface area contributed by atoms with Gasteiger partial charge in [0, 0.05) is 95.7 Å². The molecule has 4 aliphatic heterocycles. The molecule has 1 unspecified atom stereocenters. The first kappa shape index (κ1) is 46.4. The number of esters is 4. The highest BCUT2D eigenvalue weighted by Gasteiger charge is 2.48. The number of hydrogen-bond donors (Lipinski definition) is 4. The van der Waals surface area contributed by atoms with E-state index < -0.39 is 73.0 Å². The van der Waals surface area contributed by atoms with Crippen LogP contribution in [0.15, 0.2) is 0 Å². The molecule has 322 valence electrons. The van der Waals surface area contributed by atoms with Gasteiger partial charge in [-0.25, -0.2) is 0 Å². The van der Waals surface area contributed by atoms with Crippen molar-refractivity contribution in [3.8, 4) is 0 Å². The Kier molecular flexibility index (Phi) is 13.3. The van der Waals surface area contributed by atoms with Crippen LogP contribution in [0.1, 0.15) is 175 Å². The van der Waals surface area contributed by atoms with Gasteiger partial charge in [0.15, 0.2) is 0 Å². The zero-order chi connectivity index (χ0) is 42.5. The summed E-state index contributed by atoms with van der Waals surface area (Å²) in [6, 6.07) is 0. The Hall–Kier alpha value is -2.28. The zero-order valence-electron chi connectivity index (χ0n) is 37.8. The molecule has 4 aliphatic rings. The lowest BCUT2D eigenvalue weighted by Crippen LogP contribution is -2.60. The average molecular weight is 791 g/mol. The Balaban J connectivity index is 1.68. The molecule has 12 nitrogen and oxygen atoms in total. The van der Waals surface area contributed by atoms with E-state index in [0.717, 1.165) is 0 Å². The third kappa shape index (κ3) is 13.9. The van der Waals surface area contributed by atoms with E-state index in [0.29, 0.717) is 51.4 Å². The maximum absolute atomic E-state index is 14.6. The van der Waals surface area contributed by atoms with Crippen molar-refractivity contribution in [2.45, 2.75) is 244 Å². The largest absolute Gasteiger partial charge is 0.462 e. The van der Waals surface area contributed by atoms with Crippen LogP contribution >= 0.6 is 0 Å². The van der Waals surface area contributed by atoms with Crippen molar-refractivity contribution < 1.29 is 38.1 Å². The Morgan fingerprint density at radius 2 is 0.554 bits per heavy atom. The molecule has 0 radical (unpaired) electrons. The molecule has 4 heterocycles. The van der Waals surface area contributed by atoms with Crippen molar-refractivity contribution in [2.24, 2.45) is 11.8 Å². The summed E-state index contributed by atoms with van der Waals surface area (Å²) < 4.78 is 24.8. The van der Waals surface area contributed by atoms with Crippen LogP contribution in [0.4, 0.5) is 0 Å². The predicted molar refractivity (Wildman–Crippen MR) is 218 cm³/mol. The molecular formula is C44H78N4O8.